The smallest absolute Gasteiger partial charge is 0.459 e. The fourth-order valence-corrected chi connectivity index (χ4v) is 6.79. The first-order valence-corrected chi connectivity index (χ1v) is 16.9. The number of aliphatic hydroxyl groups is 1. The van der Waals surface area contributed by atoms with Crippen LogP contribution in [0.5, 0.6) is 0 Å². The highest BCUT2D eigenvalue weighted by atomic mass is 19.4. The molecule has 6 atom stereocenters. The third-order valence-electron chi connectivity index (χ3n) is 9.36. The van der Waals surface area contributed by atoms with Crippen molar-refractivity contribution in [1.82, 2.24) is 15.1 Å². The number of amides is 2. The van der Waals surface area contributed by atoms with Gasteiger partial charge in [0.2, 0.25) is 5.91 Å². The molecule has 49 heavy (non-hydrogen) atoms. The summed E-state index contributed by atoms with van der Waals surface area (Å²) >= 11 is 0. The average molecular weight is 690 g/mol. The van der Waals surface area contributed by atoms with Crippen LogP contribution in [-0.2, 0) is 41.7 Å². The van der Waals surface area contributed by atoms with Gasteiger partial charge in [-0.3, -0.25) is 19.3 Å². The number of hydrogen-bond acceptors (Lipinski definition) is 8. The van der Waals surface area contributed by atoms with Gasteiger partial charge in [-0.05, 0) is 69.7 Å². The molecule has 3 aliphatic heterocycles. The van der Waals surface area contributed by atoms with Crippen molar-refractivity contribution < 1.29 is 46.9 Å². The minimum Gasteiger partial charge on any atom is -0.459 e. The Kier molecular flexibility index (Phi) is 11.4. The molecule has 5 rings (SSSR count). The fraction of sp³-hybridized carbons (Fsp3) is 0.583. The number of aliphatic hydroxyl groups excluding tert-OH is 1. The monoisotopic (exact) mass is 689 g/mol. The van der Waals surface area contributed by atoms with E-state index in [4.69, 9.17) is 14.2 Å². The predicted molar refractivity (Wildman–Crippen MR) is 172 cm³/mol. The second-order valence-electron chi connectivity index (χ2n) is 14.1. The number of carbonyl (C=O) groups excluding carboxylic acids is 3. The second kappa shape index (κ2) is 15.2. The lowest BCUT2D eigenvalue weighted by atomic mass is 9.90. The number of carbonyl (C=O) groups is 3. The van der Waals surface area contributed by atoms with Gasteiger partial charge in [-0.1, -0.05) is 55.5 Å². The van der Waals surface area contributed by atoms with Gasteiger partial charge >= 0.3 is 18.1 Å². The number of alkyl halides is 3. The van der Waals surface area contributed by atoms with Crippen LogP contribution in [0.15, 0.2) is 48.5 Å². The van der Waals surface area contributed by atoms with Crippen molar-refractivity contribution in [3.8, 4) is 0 Å². The van der Waals surface area contributed by atoms with Crippen molar-refractivity contribution in [3.05, 3.63) is 70.8 Å². The zero-order chi connectivity index (χ0) is 35.5. The van der Waals surface area contributed by atoms with Crippen molar-refractivity contribution in [2.24, 2.45) is 5.92 Å². The number of rotatable bonds is 9. The Morgan fingerprint density at radius 1 is 0.898 bits per heavy atom. The topological polar surface area (TPSA) is 118 Å². The van der Waals surface area contributed by atoms with E-state index in [-0.39, 0.29) is 56.3 Å². The number of hydrogen-bond donors (Lipinski definition) is 2. The van der Waals surface area contributed by atoms with Crippen LogP contribution >= 0.6 is 0 Å². The molecule has 0 aliphatic carbocycles. The van der Waals surface area contributed by atoms with Gasteiger partial charge < -0.3 is 29.5 Å². The lowest BCUT2D eigenvalue weighted by molar-refractivity contribution is -0.276. The van der Waals surface area contributed by atoms with Crippen molar-refractivity contribution in [2.75, 3.05) is 19.6 Å². The molecule has 0 bridgehead atoms. The van der Waals surface area contributed by atoms with E-state index in [9.17, 15) is 32.7 Å². The molecule has 268 valence electrons. The van der Waals surface area contributed by atoms with Gasteiger partial charge in [-0.25, -0.2) is 0 Å². The Balaban J connectivity index is 1.29. The number of halogens is 3. The maximum Gasteiger partial charge on any atom is 0.471 e. The van der Waals surface area contributed by atoms with Gasteiger partial charge in [-0.2, -0.15) is 13.2 Å². The van der Waals surface area contributed by atoms with Crippen LogP contribution in [0.1, 0.15) is 88.0 Å². The van der Waals surface area contributed by atoms with E-state index in [0.29, 0.717) is 29.8 Å². The molecule has 2 N–H and O–H groups in total. The quantitative estimate of drug-likeness (QED) is 0.356. The maximum atomic E-state index is 13.1. The summed E-state index contributed by atoms with van der Waals surface area (Å²) in [5.74, 6) is -2.96. The summed E-state index contributed by atoms with van der Waals surface area (Å²) in [5.41, 5.74) is 2.55. The zero-order valence-electron chi connectivity index (χ0n) is 28.4. The van der Waals surface area contributed by atoms with Gasteiger partial charge in [0.05, 0.1) is 18.8 Å². The van der Waals surface area contributed by atoms with E-state index in [1.54, 1.807) is 12.1 Å². The van der Waals surface area contributed by atoms with Crippen LogP contribution in [0.2, 0.25) is 0 Å². The van der Waals surface area contributed by atoms with Crippen LogP contribution in [-0.4, -0.2) is 82.3 Å². The number of likely N-dealkylation sites (tertiary alicyclic amines) is 2. The van der Waals surface area contributed by atoms with E-state index in [1.807, 2.05) is 57.2 Å². The van der Waals surface area contributed by atoms with Crippen LogP contribution in [0.3, 0.4) is 0 Å². The molecular weight excluding hydrogens is 643 g/mol. The summed E-state index contributed by atoms with van der Waals surface area (Å²) in [5, 5.41) is 12.2. The number of esters is 1. The number of nitrogens with one attached hydrogen (secondary N) is 1. The second-order valence-corrected chi connectivity index (χ2v) is 14.1. The normalized spacial score (nSPS) is 26.5. The molecule has 0 aromatic heterocycles. The number of benzene rings is 2. The lowest BCUT2D eigenvalue weighted by Gasteiger charge is -2.43. The zero-order valence-corrected chi connectivity index (χ0v) is 28.4. The Morgan fingerprint density at radius 3 is 2.14 bits per heavy atom. The molecule has 6 unspecified atom stereocenters. The average Bonchev–Trinajstić information content (AvgIpc) is 3.74. The Bertz CT molecular complexity index is 1460. The molecular formula is C36H46F3N3O7. The van der Waals surface area contributed by atoms with Crippen molar-refractivity contribution in [2.45, 2.75) is 109 Å². The molecule has 3 aliphatic rings. The highest BCUT2D eigenvalue weighted by Gasteiger charge is 2.48. The molecule has 2 aromatic carbocycles. The summed E-state index contributed by atoms with van der Waals surface area (Å²) in [4.78, 5) is 40.4. The maximum absolute atomic E-state index is 13.1. The Labute approximate surface area is 284 Å². The third kappa shape index (κ3) is 8.99. The van der Waals surface area contributed by atoms with Crippen LogP contribution in [0, 0.1) is 5.92 Å². The molecule has 2 aromatic rings. The first-order chi connectivity index (χ1) is 23.1. The van der Waals surface area contributed by atoms with E-state index < -0.39 is 35.9 Å². The van der Waals surface area contributed by atoms with E-state index in [1.165, 1.54) is 0 Å². The highest BCUT2D eigenvalue weighted by Crippen LogP contribution is 2.42. The van der Waals surface area contributed by atoms with Crippen LogP contribution in [0.25, 0.3) is 0 Å². The van der Waals surface area contributed by atoms with E-state index >= 15 is 0 Å². The summed E-state index contributed by atoms with van der Waals surface area (Å²) in [6, 6.07) is 13.3. The molecule has 3 heterocycles. The molecule has 13 heteroatoms. The Hall–Kier alpha value is -3.52. The highest BCUT2D eigenvalue weighted by molar-refractivity contribution is 5.90. The van der Waals surface area contributed by atoms with Crippen molar-refractivity contribution >= 4 is 17.8 Å². The molecule has 10 nitrogen and oxygen atoms in total. The van der Waals surface area contributed by atoms with Crippen molar-refractivity contribution in [3.63, 3.8) is 0 Å². The Morgan fingerprint density at radius 2 is 1.51 bits per heavy atom. The van der Waals surface area contributed by atoms with Gasteiger partial charge in [-0.15, -0.1) is 0 Å². The van der Waals surface area contributed by atoms with Crippen molar-refractivity contribution in [1.29, 1.82) is 0 Å². The molecule has 0 spiro atoms. The largest absolute Gasteiger partial charge is 0.471 e. The van der Waals surface area contributed by atoms with Gasteiger partial charge in [0.25, 0.3) is 0 Å². The van der Waals surface area contributed by atoms with Gasteiger partial charge in [0, 0.05) is 31.1 Å². The number of nitrogens with zero attached hydrogens (tertiary/aromatic N) is 2. The lowest BCUT2D eigenvalue weighted by Crippen LogP contribution is -2.50. The molecule has 0 radical (unpaired) electrons. The van der Waals surface area contributed by atoms with Gasteiger partial charge in [0.15, 0.2) is 6.29 Å². The van der Waals surface area contributed by atoms with Crippen LogP contribution < -0.4 is 5.32 Å². The summed E-state index contributed by atoms with van der Waals surface area (Å²) < 4.78 is 57.9. The minimum atomic E-state index is -5.03. The first-order valence-electron chi connectivity index (χ1n) is 16.9. The summed E-state index contributed by atoms with van der Waals surface area (Å²) in [7, 11) is 0. The van der Waals surface area contributed by atoms with Gasteiger partial charge in [0.1, 0.15) is 17.7 Å². The summed E-state index contributed by atoms with van der Waals surface area (Å²) in [6.07, 6.45) is -4.39. The molecule has 3 saturated heterocycles. The molecule has 0 saturated carbocycles. The first kappa shape index (κ1) is 36.8. The standard InChI is InChI=1S/C36H46F3N3O7/c1-22-29(20-41-17-5-8-28(41)32(45)49-35(2,3)4)47-33(48-30(22)25-13-11-24(21-43)12-14-25)26-15-9-23(10-16-26)19-40-31(44)27-7-6-18-42(27)34(46)36(37,38)39/h9-16,22,27-30,33,43H,5-8,17-21H2,1-4H3,(H,40,44). The summed E-state index contributed by atoms with van der Waals surface area (Å²) in [6.45, 7) is 8.74. The van der Waals surface area contributed by atoms with E-state index in [0.717, 1.165) is 29.7 Å². The van der Waals surface area contributed by atoms with Crippen LogP contribution in [0.4, 0.5) is 13.2 Å². The minimum absolute atomic E-state index is 0.0660. The predicted octanol–water partition coefficient (Wildman–Crippen LogP) is 4.95. The molecule has 3 fully saturated rings. The fourth-order valence-electron chi connectivity index (χ4n) is 6.79. The number of ether oxygens (including phenoxy) is 3. The van der Waals surface area contributed by atoms with E-state index in [2.05, 4.69) is 17.1 Å². The SMILES string of the molecule is CC1C(CN2CCCC2C(=O)OC(C)(C)C)OC(c2ccc(CNC(=O)C3CCCN3C(=O)C(F)(F)F)cc2)OC1c1ccc(CO)cc1. The molecule has 2 amide bonds. The third-order valence-corrected chi connectivity index (χ3v) is 9.36.